The van der Waals surface area contributed by atoms with Gasteiger partial charge in [-0.2, -0.15) is 0 Å². The molecule has 0 aliphatic heterocycles. The minimum Gasteiger partial charge on any atom is -0.469 e. The number of anilines is 1. The van der Waals surface area contributed by atoms with E-state index in [2.05, 4.69) is 22.1 Å². The number of aryl methyl sites for hydroxylation is 1. The van der Waals surface area contributed by atoms with Gasteiger partial charge in [-0.25, -0.2) is 0 Å². The predicted octanol–water partition coefficient (Wildman–Crippen LogP) is 2.86. The molecule has 0 spiro atoms. The van der Waals surface area contributed by atoms with Crippen molar-refractivity contribution in [3.8, 4) is 11.4 Å². The molecule has 0 saturated heterocycles. The van der Waals surface area contributed by atoms with Gasteiger partial charge in [0.15, 0.2) is 11.0 Å². The van der Waals surface area contributed by atoms with Crippen molar-refractivity contribution in [3.05, 3.63) is 60.6 Å². The predicted molar refractivity (Wildman–Crippen MR) is 107 cm³/mol. The van der Waals surface area contributed by atoms with Crippen molar-refractivity contribution in [3.63, 3.8) is 0 Å². The molecule has 3 aromatic rings. The van der Waals surface area contributed by atoms with Gasteiger partial charge in [0.2, 0.25) is 5.91 Å². The number of carbonyl (C=O) groups excluding carboxylic acids is 2. The highest BCUT2D eigenvalue weighted by Gasteiger charge is 2.18. The van der Waals surface area contributed by atoms with Crippen LogP contribution in [0, 0.1) is 6.92 Å². The summed E-state index contributed by atoms with van der Waals surface area (Å²) in [5.41, 5.74) is 6.81. The third kappa shape index (κ3) is 4.15. The zero-order chi connectivity index (χ0) is 20.1. The number of hydrogen-bond acceptors (Lipinski definition) is 6. The van der Waals surface area contributed by atoms with E-state index in [4.69, 9.17) is 10.2 Å². The molecule has 8 nitrogen and oxygen atoms in total. The third-order valence-corrected chi connectivity index (χ3v) is 4.89. The molecule has 0 saturated carbocycles. The number of para-hydroxylation sites is 1. The first-order valence-electron chi connectivity index (χ1n) is 8.41. The van der Waals surface area contributed by atoms with E-state index in [0.717, 1.165) is 11.3 Å². The quantitative estimate of drug-likeness (QED) is 0.446. The maximum atomic E-state index is 12.3. The average Bonchev–Trinajstić information content (AvgIpc) is 3.26. The maximum absolute atomic E-state index is 12.3. The van der Waals surface area contributed by atoms with Gasteiger partial charge in [-0.15, -0.1) is 16.8 Å². The molecular formula is C19H19N5O3S. The number of primary amides is 1. The van der Waals surface area contributed by atoms with Crippen LogP contribution in [-0.4, -0.2) is 32.3 Å². The summed E-state index contributed by atoms with van der Waals surface area (Å²) in [6.45, 7) is 6.10. The Morgan fingerprint density at radius 3 is 2.79 bits per heavy atom. The van der Waals surface area contributed by atoms with Crippen molar-refractivity contribution in [2.75, 3.05) is 11.1 Å². The first-order valence-corrected chi connectivity index (χ1v) is 9.40. The molecule has 1 aromatic carbocycles. The molecular weight excluding hydrogens is 378 g/mol. The number of allylic oxidation sites excluding steroid dienone is 1. The number of carbonyl (C=O) groups is 2. The number of hydrogen-bond donors (Lipinski definition) is 2. The number of furan rings is 1. The van der Waals surface area contributed by atoms with Crippen LogP contribution in [0.2, 0.25) is 0 Å². The highest BCUT2D eigenvalue weighted by molar-refractivity contribution is 7.99. The summed E-state index contributed by atoms with van der Waals surface area (Å²) in [6, 6.07) is 8.41. The van der Waals surface area contributed by atoms with Crippen molar-refractivity contribution in [2.45, 2.75) is 18.6 Å². The largest absolute Gasteiger partial charge is 0.469 e. The lowest BCUT2D eigenvalue weighted by Crippen LogP contribution is -2.19. The summed E-state index contributed by atoms with van der Waals surface area (Å²) in [5.74, 6) is 0.581. The molecule has 144 valence electrons. The van der Waals surface area contributed by atoms with E-state index in [1.807, 2.05) is 17.6 Å². The maximum Gasteiger partial charge on any atom is 0.250 e. The molecule has 2 aromatic heterocycles. The summed E-state index contributed by atoms with van der Waals surface area (Å²) in [7, 11) is 0. The van der Waals surface area contributed by atoms with Crippen LogP contribution in [0.15, 0.2) is 58.8 Å². The monoisotopic (exact) mass is 397 g/mol. The van der Waals surface area contributed by atoms with E-state index in [0.29, 0.717) is 23.2 Å². The Balaban J connectivity index is 1.73. The lowest BCUT2D eigenvalue weighted by molar-refractivity contribution is -0.113. The number of nitrogens with zero attached hydrogens (tertiary/aromatic N) is 3. The van der Waals surface area contributed by atoms with Crippen LogP contribution in [0.1, 0.15) is 16.1 Å². The Bertz CT molecular complexity index is 1020. The SMILES string of the molecule is C=CCn1c(SCC(=O)Nc2ccccc2C(N)=O)nnc1-c1ccoc1C. The second kappa shape index (κ2) is 8.57. The Labute approximate surface area is 165 Å². The van der Waals surface area contributed by atoms with Gasteiger partial charge in [-0.1, -0.05) is 30.0 Å². The summed E-state index contributed by atoms with van der Waals surface area (Å²) in [5, 5.41) is 11.7. The van der Waals surface area contributed by atoms with E-state index >= 15 is 0 Å². The van der Waals surface area contributed by atoms with Gasteiger partial charge in [0.05, 0.1) is 28.8 Å². The standard InChI is InChI=1S/C19H19N5O3S/c1-3-9-24-18(13-8-10-27-12(13)2)22-23-19(24)28-11-16(25)21-15-7-5-4-6-14(15)17(20)26/h3-8,10H,1,9,11H2,2H3,(H2,20,26)(H,21,25). The molecule has 0 atom stereocenters. The fourth-order valence-electron chi connectivity index (χ4n) is 2.63. The van der Waals surface area contributed by atoms with Crippen molar-refractivity contribution < 1.29 is 14.0 Å². The Morgan fingerprint density at radius 1 is 1.32 bits per heavy atom. The van der Waals surface area contributed by atoms with E-state index in [1.54, 1.807) is 36.6 Å². The molecule has 0 aliphatic carbocycles. The van der Waals surface area contributed by atoms with Crippen LogP contribution in [0.25, 0.3) is 11.4 Å². The van der Waals surface area contributed by atoms with Crippen molar-refractivity contribution in [2.24, 2.45) is 5.73 Å². The van der Waals surface area contributed by atoms with E-state index in [-0.39, 0.29) is 17.2 Å². The van der Waals surface area contributed by atoms with Crippen LogP contribution in [0.4, 0.5) is 5.69 Å². The number of aromatic nitrogens is 3. The van der Waals surface area contributed by atoms with E-state index in [1.165, 1.54) is 11.8 Å². The Kier molecular flexibility index (Phi) is 5.95. The number of rotatable bonds is 8. The van der Waals surface area contributed by atoms with Crippen molar-refractivity contribution in [1.82, 2.24) is 14.8 Å². The van der Waals surface area contributed by atoms with Gasteiger partial charge in [0, 0.05) is 6.54 Å². The molecule has 0 unspecified atom stereocenters. The summed E-state index contributed by atoms with van der Waals surface area (Å²) >= 11 is 1.24. The fraction of sp³-hybridized carbons (Fsp3) is 0.158. The molecule has 0 bridgehead atoms. The van der Waals surface area contributed by atoms with Crippen LogP contribution in [0.3, 0.4) is 0 Å². The van der Waals surface area contributed by atoms with Crippen molar-refractivity contribution in [1.29, 1.82) is 0 Å². The molecule has 9 heteroatoms. The molecule has 28 heavy (non-hydrogen) atoms. The van der Waals surface area contributed by atoms with Gasteiger partial charge >= 0.3 is 0 Å². The van der Waals surface area contributed by atoms with Crippen LogP contribution < -0.4 is 11.1 Å². The molecule has 3 rings (SSSR count). The lowest BCUT2D eigenvalue weighted by atomic mass is 10.1. The van der Waals surface area contributed by atoms with Gasteiger partial charge in [-0.3, -0.25) is 14.2 Å². The number of benzene rings is 1. The molecule has 0 fully saturated rings. The number of nitrogens with one attached hydrogen (secondary N) is 1. The number of nitrogens with two attached hydrogens (primary N) is 1. The lowest BCUT2D eigenvalue weighted by Gasteiger charge is -2.09. The molecule has 0 radical (unpaired) electrons. The number of thioether (sulfide) groups is 1. The third-order valence-electron chi connectivity index (χ3n) is 3.93. The van der Waals surface area contributed by atoms with E-state index in [9.17, 15) is 9.59 Å². The molecule has 0 aliphatic rings. The zero-order valence-corrected chi connectivity index (χ0v) is 16.0. The molecule has 3 N–H and O–H groups in total. The Hall–Kier alpha value is -3.33. The summed E-state index contributed by atoms with van der Waals surface area (Å²) < 4.78 is 7.20. The molecule has 2 heterocycles. The van der Waals surface area contributed by atoms with Gasteiger partial charge in [0.1, 0.15) is 5.76 Å². The minimum absolute atomic E-state index is 0.0900. The fourth-order valence-corrected chi connectivity index (χ4v) is 3.38. The highest BCUT2D eigenvalue weighted by Crippen LogP contribution is 2.27. The smallest absolute Gasteiger partial charge is 0.250 e. The Morgan fingerprint density at radius 2 is 2.11 bits per heavy atom. The van der Waals surface area contributed by atoms with Gasteiger partial charge < -0.3 is 15.5 Å². The van der Waals surface area contributed by atoms with Crippen LogP contribution >= 0.6 is 11.8 Å². The molecule has 2 amide bonds. The topological polar surface area (TPSA) is 116 Å². The van der Waals surface area contributed by atoms with Crippen molar-refractivity contribution >= 4 is 29.3 Å². The second-order valence-electron chi connectivity index (χ2n) is 5.84. The first-order chi connectivity index (χ1) is 13.5. The normalized spacial score (nSPS) is 10.6. The van der Waals surface area contributed by atoms with Crippen LogP contribution in [0.5, 0.6) is 0 Å². The highest BCUT2D eigenvalue weighted by atomic mass is 32.2. The first kappa shape index (κ1) is 19.4. The second-order valence-corrected chi connectivity index (χ2v) is 6.79. The minimum atomic E-state index is -0.602. The van der Waals surface area contributed by atoms with E-state index < -0.39 is 5.91 Å². The average molecular weight is 397 g/mol. The van der Waals surface area contributed by atoms with Gasteiger partial charge in [-0.05, 0) is 25.1 Å². The summed E-state index contributed by atoms with van der Waals surface area (Å²) in [6.07, 6.45) is 3.32. The zero-order valence-electron chi connectivity index (χ0n) is 15.2. The number of amides is 2. The van der Waals surface area contributed by atoms with Gasteiger partial charge in [0.25, 0.3) is 5.91 Å². The van der Waals surface area contributed by atoms with Crippen LogP contribution in [-0.2, 0) is 11.3 Å². The summed E-state index contributed by atoms with van der Waals surface area (Å²) in [4.78, 5) is 23.8.